The number of methoxy groups -OCH3 is 1. The average molecular weight is 382 g/mol. The monoisotopic (exact) mass is 382 g/mol. The topological polar surface area (TPSA) is 110 Å². The molecule has 134 valence electrons. The van der Waals surface area contributed by atoms with Crippen molar-refractivity contribution >= 4 is 32.4 Å². The van der Waals surface area contributed by atoms with Gasteiger partial charge in [-0.15, -0.1) is 10.2 Å². The third-order valence-corrected chi connectivity index (χ3v) is 6.56. The normalized spacial score (nSPS) is 17.0. The average Bonchev–Trinajstić information content (AvgIpc) is 3.03. The number of benzene rings is 1. The maximum Gasteiger partial charge on any atom is 0.270 e. The Labute approximate surface area is 149 Å². The van der Waals surface area contributed by atoms with Crippen molar-refractivity contribution in [3.05, 3.63) is 29.3 Å². The van der Waals surface area contributed by atoms with E-state index in [9.17, 15) is 13.2 Å². The molecule has 0 aliphatic heterocycles. The van der Waals surface area contributed by atoms with E-state index in [4.69, 9.17) is 4.74 Å². The van der Waals surface area contributed by atoms with Gasteiger partial charge in [-0.3, -0.25) is 4.79 Å². The molecule has 0 saturated heterocycles. The first-order valence-corrected chi connectivity index (χ1v) is 9.99. The van der Waals surface area contributed by atoms with E-state index in [0.717, 1.165) is 41.1 Å². The van der Waals surface area contributed by atoms with Crippen molar-refractivity contribution in [3.63, 3.8) is 0 Å². The Bertz CT molecular complexity index is 895. The second-order valence-electron chi connectivity index (χ2n) is 5.69. The van der Waals surface area contributed by atoms with Crippen molar-refractivity contribution in [2.45, 2.75) is 36.6 Å². The predicted molar refractivity (Wildman–Crippen MR) is 93.2 cm³/mol. The fourth-order valence-corrected chi connectivity index (χ4v) is 5.01. The number of fused-ring (bicyclic) bond motifs is 1. The quantitative estimate of drug-likeness (QED) is 0.764. The summed E-state index contributed by atoms with van der Waals surface area (Å²) in [5, 5.41) is 9.94. The molecular weight excluding hydrogens is 364 g/mol. The Kier molecular flexibility index (Phi) is 5.02. The van der Waals surface area contributed by atoms with Crippen molar-refractivity contribution < 1.29 is 17.9 Å². The number of aromatic nitrogens is 2. The number of carbonyl (C=O) groups is 1. The summed E-state index contributed by atoms with van der Waals surface area (Å²) in [7, 11) is -2.22. The largest absolute Gasteiger partial charge is 0.497 e. The van der Waals surface area contributed by atoms with Gasteiger partial charge in [0.25, 0.3) is 10.0 Å². The second-order valence-corrected chi connectivity index (χ2v) is 8.55. The Balaban J connectivity index is 1.82. The van der Waals surface area contributed by atoms with Gasteiger partial charge in [-0.2, -0.15) is 0 Å². The van der Waals surface area contributed by atoms with Gasteiger partial charge in [0.1, 0.15) is 5.75 Å². The van der Waals surface area contributed by atoms with Gasteiger partial charge in [0.15, 0.2) is 0 Å². The molecule has 10 heteroatoms. The smallest absolute Gasteiger partial charge is 0.270 e. The summed E-state index contributed by atoms with van der Waals surface area (Å²) in [5.41, 5.74) is 2.02. The number of amides is 1. The molecule has 1 amide bonds. The van der Waals surface area contributed by atoms with Gasteiger partial charge in [-0.05, 0) is 42.5 Å². The SMILES string of the molecule is COc1ccc2c(c1)CCCC2NS(=O)(=O)c1nnc(NC(C)=O)s1. The van der Waals surface area contributed by atoms with E-state index in [1.807, 2.05) is 18.2 Å². The summed E-state index contributed by atoms with van der Waals surface area (Å²) in [5.74, 6) is 0.426. The van der Waals surface area contributed by atoms with Crippen molar-refractivity contribution in [1.29, 1.82) is 0 Å². The summed E-state index contributed by atoms with van der Waals surface area (Å²) >= 11 is 0.819. The Hall–Kier alpha value is -2.04. The molecule has 1 heterocycles. The van der Waals surface area contributed by atoms with E-state index in [2.05, 4.69) is 20.2 Å². The number of hydrogen-bond donors (Lipinski definition) is 2. The number of rotatable bonds is 5. The van der Waals surface area contributed by atoms with E-state index in [1.165, 1.54) is 6.92 Å². The zero-order valence-corrected chi connectivity index (χ0v) is 15.4. The predicted octanol–water partition coefficient (Wildman–Crippen LogP) is 1.86. The first-order valence-electron chi connectivity index (χ1n) is 7.69. The highest BCUT2D eigenvalue weighted by Gasteiger charge is 2.28. The van der Waals surface area contributed by atoms with Gasteiger partial charge in [0, 0.05) is 13.0 Å². The van der Waals surface area contributed by atoms with Crippen LogP contribution in [0.3, 0.4) is 0 Å². The summed E-state index contributed by atoms with van der Waals surface area (Å²) < 4.78 is 32.9. The highest BCUT2D eigenvalue weighted by molar-refractivity contribution is 7.91. The highest BCUT2D eigenvalue weighted by Crippen LogP contribution is 2.33. The Morgan fingerprint density at radius 2 is 2.16 bits per heavy atom. The van der Waals surface area contributed by atoms with Gasteiger partial charge in [-0.25, -0.2) is 13.1 Å². The molecule has 0 spiro atoms. The zero-order chi connectivity index (χ0) is 18.0. The number of carbonyl (C=O) groups excluding carboxylic acids is 1. The third kappa shape index (κ3) is 3.97. The number of sulfonamides is 1. The Morgan fingerprint density at radius 3 is 2.88 bits per heavy atom. The summed E-state index contributed by atoms with van der Waals surface area (Å²) in [6.07, 6.45) is 2.47. The van der Waals surface area contributed by atoms with Crippen LogP contribution >= 0.6 is 11.3 Å². The molecule has 8 nitrogen and oxygen atoms in total. The van der Waals surface area contributed by atoms with Crippen LogP contribution in [0, 0.1) is 0 Å². The molecule has 25 heavy (non-hydrogen) atoms. The van der Waals surface area contributed by atoms with Crippen LogP contribution in [-0.4, -0.2) is 31.6 Å². The van der Waals surface area contributed by atoms with Gasteiger partial charge < -0.3 is 10.1 Å². The molecule has 2 N–H and O–H groups in total. The van der Waals surface area contributed by atoms with Crippen LogP contribution in [0.1, 0.15) is 36.9 Å². The van der Waals surface area contributed by atoms with Crippen LogP contribution in [0.4, 0.5) is 5.13 Å². The van der Waals surface area contributed by atoms with Crippen LogP contribution in [0.5, 0.6) is 5.75 Å². The highest BCUT2D eigenvalue weighted by atomic mass is 32.2. The lowest BCUT2D eigenvalue weighted by Gasteiger charge is -2.26. The van der Waals surface area contributed by atoms with E-state index < -0.39 is 10.0 Å². The van der Waals surface area contributed by atoms with E-state index in [-0.39, 0.29) is 21.4 Å². The maximum atomic E-state index is 12.6. The number of hydrogen-bond acceptors (Lipinski definition) is 7. The van der Waals surface area contributed by atoms with Crippen LogP contribution in [0.2, 0.25) is 0 Å². The first kappa shape index (κ1) is 17.8. The maximum absolute atomic E-state index is 12.6. The standard InChI is InChI=1S/C15H18N4O4S2/c1-9(20)16-14-17-18-15(24-14)25(21,22)19-13-5-3-4-10-8-11(23-2)6-7-12(10)13/h6-8,13,19H,3-5H2,1-2H3,(H,16,17,20). The number of aryl methyl sites for hydroxylation is 1. The van der Waals surface area contributed by atoms with E-state index >= 15 is 0 Å². The van der Waals surface area contributed by atoms with Crippen molar-refractivity contribution in [2.75, 3.05) is 12.4 Å². The summed E-state index contributed by atoms with van der Waals surface area (Å²) in [6, 6.07) is 5.33. The molecule has 0 saturated carbocycles. The Morgan fingerprint density at radius 1 is 1.36 bits per heavy atom. The van der Waals surface area contributed by atoms with Crippen molar-refractivity contribution in [2.24, 2.45) is 0 Å². The fourth-order valence-electron chi connectivity index (χ4n) is 2.80. The molecule has 1 atom stereocenters. The van der Waals surface area contributed by atoms with Gasteiger partial charge in [0.05, 0.1) is 7.11 Å². The molecule has 2 aromatic rings. The number of nitrogens with one attached hydrogen (secondary N) is 2. The third-order valence-electron chi connectivity index (χ3n) is 3.88. The molecule has 0 bridgehead atoms. The number of ether oxygens (including phenoxy) is 1. The zero-order valence-electron chi connectivity index (χ0n) is 13.8. The fraction of sp³-hybridized carbons (Fsp3) is 0.400. The van der Waals surface area contributed by atoms with Crippen molar-refractivity contribution in [3.8, 4) is 5.75 Å². The molecule has 0 radical (unpaired) electrons. The number of anilines is 1. The van der Waals surface area contributed by atoms with Crippen LogP contribution in [0.25, 0.3) is 0 Å². The molecule has 3 rings (SSSR count). The van der Waals surface area contributed by atoms with Gasteiger partial charge in [-0.1, -0.05) is 17.4 Å². The van der Waals surface area contributed by atoms with Gasteiger partial charge in [0.2, 0.25) is 15.4 Å². The minimum atomic E-state index is -3.82. The molecular formula is C15H18N4O4S2. The van der Waals surface area contributed by atoms with Crippen molar-refractivity contribution in [1.82, 2.24) is 14.9 Å². The van der Waals surface area contributed by atoms with Crippen LogP contribution < -0.4 is 14.8 Å². The molecule has 1 aliphatic rings. The minimum absolute atomic E-state index is 0.154. The molecule has 1 unspecified atom stereocenters. The van der Waals surface area contributed by atoms with Gasteiger partial charge >= 0.3 is 0 Å². The first-order chi connectivity index (χ1) is 11.9. The van der Waals surface area contributed by atoms with E-state index in [0.29, 0.717) is 6.42 Å². The summed E-state index contributed by atoms with van der Waals surface area (Å²) in [6.45, 7) is 1.32. The second kappa shape index (κ2) is 7.06. The number of nitrogens with zero attached hydrogens (tertiary/aromatic N) is 2. The van der Waals surface area contributed by atoms with E-state index in [1.54, 1.807) is 7.11 Å². The summed E-state index contributed by atoms with van der Waals surface area (Å²) in [4.78, 5) is 11.0. The molecule has 1 aliphatic carbocycles. The molecule has 1 aromatic carbocycles. The lowest BCUT2D eigenvalue weighted by Crippen LogP contribution is -2.31. The van der Waals surface area contributed by atoms with Crippen LogP contribution in [0.15, 0.2) is 22.5 Å². The molecule has 1 aromatic heterocycles. The van der Waals surface area contributed by atoms with Crippen LogP contribution in [-0.2, 0) is 21.2 Å². The lowest BCUT2D eigenvalue weighted by atomic mass is 9.88. The lowest BCUT2D eigenvalue weighted by molar-refractivity contribution is -0.114. The molecule has 0 fully saturated rings. The minimum Gasteiger partial charge on any atom is -0.497 e.